The van der Waals surface area contributed by atoms with Crippen molar-refractivity contribution in [1.82, 2.24) is 10.6 Å². The van der Waals surface area contributed by atoms with Gasteiger partial charge < -0.3 is 20.1 Å². The number of carbonyl (C=O) groups is 1. The summed E-state index contributed by atoms with van der Waals surface area (Å²) in [6, 6.07) is 0.233. The molecule has 5 nitrogen and oxygen atoms in total. The third kappa shape index (κ3) is 3.17. The first-order valence-electron chi connectivity index (χ1n) is 6.00. The van der Waals surface area contributed by atoms with Crippen LogP contribution in [0, 0.1) is 0 Å². The van der Waals surface area contributed by atoms with Crippen LogP contribution in [-0.2, 0) is 14.3 Å². The molecule has 0 aliphatic carbocycles. The first-order valence-corrected chi connectivity index (χ1v) is 6.00. The van der Waals surface area contributed by atoms with E-state index in [9.17, 15) is 4.79 Å². The molecule has 2 aliphatic rings. The molecule has 92 valence electrons. The van der Waals surface area contributed by atoms with Crippen LogP contribution in [0.2, 0.25) is 0 Å². The average molecular weight is 228 g/mol. The van der Waals surface area contributed by atoms with Crippen LogP contribution in [0.1, 0.15) is 19.8 Å². The van der Waals surface area contributed by atoms with Gasteiger partial charge in [-0.3, -0.25) is 4.79 Å². The molecule has 0 bridgehead atoms. The molecule has 1 amide bonds. The minimum absolute atomic E-state index is 0.0109. The number of nitrogens with one attached hydrogen (secondary N) is 2. The van der Waals surface area contributed by atoms with Crippen LogP contribution in [0.15, 0.2) is 0 Å². The summed E-state index contributed by atoms with van der Waals surface area (Å²) in [6.07, 6.45) is 1.77. The van der Waals surface area contributed by atoms with Crippen LogP contribution in [0.5, 0.6) is 0 Å². The van der Waals surface area contributed by atoms with Gasteiger partial charge in [-0.2, -0.15) is 0 Å². The van der Waals surface area contributed by atoms with E-state index in [1.807, 2.05) is 6.92 Å². The van der Waals surface area contributed by atoms with Gasteiger partial charge in [-0.05, 0) is 19.8 Å². The highest BCUT2D eigenvalue weighted by Crippen LogP contribution is 2.18. The van der Waals surface area contributed by atoms with Crippen LogP contribution in [0.3, 0.4) is 0 Å². The van der Waals surface area contributed by atoms with Crippen LogP contribution in [-0.4, -0.2) is 50.5 Å². The molecule has 0 radical (unpaired) electrons. The van der Waals surface area contributed by atoms with E-state index < -0.39 is 0 Å². The molecule has 0 spiro atoms. The summed E-state index contributed by atoms with van der Waals surface area (Å²) in [5, 5.41) is 6.20. The van der Waals surface area contributed by atoms with Crippen molar-refractivity contribution in [3.05, 3.63) is 0 Å². The van der Waals surface area contributed by atoms with Crippen molar-refractivity contribution < 1.29 is 14.3 Å². The van der Waals surface area contributed by atoms with E-state index in [1.54, 1.807) is 0 Å². The number of hydrogen-bond acceptors (Lipinski definition) is 4. The lowest BCUT2D eigenvalue weighted by Gasteiger charge is -2.24. The van der Waals surface area contributed by atoms with Crippen LogP contribution in [0.25, 0.3) is 0 Å². The van der Waals surface area contributed by atoms with Gasteiger partial charge in [0.2, 0.25) is 5.91 Å². The number of ether oxygens (including phenoxy) is 2. The summed E-state index contributed by atoms with van der Waals surface area (Å²) in [5.41, 5.74) is 0. The van der Waals surface area contributed by atoms with Gasteiger partial charge in [-0.1, -0.05) is 0 Å². The van der Waals surface area contributed by atoms with Crippen molar-refractivity contribution in [3.8, 4) is 0 Å². The monoisotopic (exact) mass is 228 g/mol. The van der Waals surface area contributed by atoms with Crippen molar-refractivity contribution in [2.45, 2.75) is 38.0 Å². The SMILES string of the molecule is CC1CCC(C(=O)NCC2COCCN2)O1. The number of hydrogen-bond donors (Lipinski definition) is 2. The Balaban J connectivity index is 1.67. The van der Waals surface area contributed by atoms with E-state index in [0.717, 1.165) is 26.0 Å². The molecule has 0 aromatic carbocycles. The Morgan fingerprint density at radius 2 is 2.38 bits per heavy atom. The number of carbonyl (C=O) groups excluding carboxylic acids is 1. The van der Waals surface area contributed by atoms with E-state index in [0.29, 0.717) is 13.2 Å². The number of rotatable bonds is 3. The molecule has 2 rings (SSSR count). The smallest absolute Gasteiger partial charge is 0.249 e. The molecule has 2 saturated heterocycles. The third-order valence-corrected chi connectivity index (χ3v) is 3.05. The van der Waals surface area contributed by atoms with Gasteiger partial charge in [0, 0.05) is 19.1 Å². The molecule has 0 aromatic heterocycles. The fourth-order valence-electron chi connectivity index (χ4n) is 2.08. The predicted molar refractivity (Wildman–Crippen MR) is 59.2 cm³/mol. The van der Waals surface area contributed by atoms with Gasteiger partial charge in [0.25, 0.3) is 0 Å². The minimum atomic E-state index is -0.250. The van der Waals surface area contributed by atoms with Gasteiger partial charge in [-0.15, -0.1) is 0 Å². The Morgan fingerprint density at radius 1 is 1.50 bits per heavy atom. The fraction of sp³-hybridized carbons (Fsp3) is 0.909. The Kier molecular flexibility index (Phi) is 4.15. The second-order valence-corrected chi connectivity index (χ2v) is 4.48. The molecule has 3 atom stereocenters. The van der Waals surface area contributed by atoms with Crippen LogP contribution < -0.4 is 10.6 Å². The largest absolute Gasteiger partial charge is 0.378 e. The molecule has 5 heteroatoms. The first kappa shape index (κ1) is 11.8. The summed E-state index contributed by atoms with van der Waals surface area (Å²) >= 11 is 0. The Labute approximate surface area is 95.9 Å². The molecule has 2 heterocycles. The van der Waals surface area contributed by atoms with Crippen molar-refractivity contribution in [2.75, 3.05) is 26.3 Å². The van der Waals surface area contributed by atoms with E-state index >= 15 is 0 Å². The second-order valence-electron chi connectivity index (χ2n) is 4.48. The zero-order valence-corrected chi connectivity index (χ0v) is 9.70. The van der Waals surface area contributed by atoms with Gasteiger partial charge >= 0.3 is 0 Å². The molecular weight excluding hydrogens is 208 g/mol. The highest BCUT2D eigenvalue weighted by molar-refractivity contribution is 5.81. The van der Waals surface area contributed by atoms with Crippen molar-refractivity contribution >= 4 is 5.91 Å². The summed E-state index contributed by atoms with van der Waals surface area (Å²) in [6.45, 7) is 4.91. The zero-order chi connectivity index (χ0) is 11.4. The Hall–Kier alpha value is -0.650. The van der Waals surface area contributed by atoms with Crippen molar-refractivity contribution in [3.63, 3.8) is 0 Å². The maximum absolute atomic E-state index is 11.7. The highest BCUT2D eigenvalue weighted by Gasteiger charge is 2.28. The molecule has 0 saturated carbocycles. The second kappa shape index (κ2) is 5.61. The highest BCUT2D eigenvalue weighted by atomic mass is 16.5. The Bertz CT molecular complexity index is 241. The number of morpholine rings is 1. The van der Waals surface area contributed by atoms with Gasteiger partial charge in [0.1, 0.15) is 6.10 Å². The Morgan fingerprint density at radius 3 is 3.00 bits per heavy atom. The molecule has 0 aromatic rings. The number of amides is 1. The molecule has 2 fully saturated rings. The summed E-state index contributed by atoms with van der Waals surface area (Å²) in [5.74, 6) is 0.0109. The van der Waals surface area contributed by atoms with Gasteiger partial charge in [0.15, 0.2) is 0 Å². The summed E-state index contributed by atoms with van der Waals surface area (Å²) < 4.78 is 10.8. The maximum atomic E-state index is 11.7. The van der Waals surface area contributed by atoms with E-state index in [-0.39, 0.29) is 24.2 Å². The molecule has 2 N–H and O–H groups in total. The average Bonchev–Trinajstić information content (AvgIpc) is 2.74. The molecule has 16 heavy (non-hydrogen) atoms. The summed E-state index contributed by atoms with van der Waals surface area (Å²) in [4.78, 5) is 11.7. The van der Waals surface area contributed by atoms with Gasteiger partial charge in [-0.25, -0.2) is 0 Å². The van der Waals surface area contributed by atoms with Crippen molar-refractivity contribution in [1.29, 1.82) is 0 Å². The third-order valence-electron chi connectivity index (χ3n) is 3.05. The summed E-state index contributed by atoms with van der Waals surface area (Å²) in [7, 11) is 0. The predicted octanol–water partition coefficient (Wildman–Crippen LogP) is -0.341. The maximum Gasteiger partial charge on any atom is 0.249 e. The van der Waals surface area contributed by atoms with Crippen molar-refractivity contribution in [2.24, 2.45) is 0 Å². The topological polar surface area (TPSA) is 59.6 Å². The standard InChI is InChI=1S/C11H20N2O3/c1-8-2-3-10(16-8)11(14)13-6-9-7-15-5-4-12-9/h8-10,12H,2-7H2,1H3,(H,13,14). The quantitative estimate of drug-likeness (QED) is 0.694. The minimum Gasteiger partial charge on any atom is -0.378 e. The lowest BCUT2D eigenvalue weighted by Crippen LogP contribution is -2.49. The van der Waals surface area contributed by atoms with Crippen LogP contribution >= 0.6 is 0 Å². The molecular formula is C11H20N2O3. The van der Waals surface area contributed by atoms with Gasteiger partial charge in [0.05, 0.1) is 19.3 Å². The first-order chi connectivity index (χ1) is 7.75. The van der Waals surface area contributed by atoms with E-state index in [4.69, 9.17) is 9.47 Å². The lowest BCUT2D eigenvalue weighted by molar-refractivity contribution is -0.131. The molecule has 3 unspecified atom stereocenters. The van der Waals surface area contributed by atoms with E-state index in [2.05, 4.69) is 10.6 Å². The fourth-order valence-corrected chi connectivity index (χ4v) is 2.08. The normalized spacial score (nSPS) is 34.9. The molecule has 2 aliphatic heterocycles. The van der Waals surface area contributed by atoms with E-state index in [1.165, 1.54) is 0 Å². The lowest BCUT2D eigenvalue weighted by atomic mass is 10.2. The van der Waals surface area contributed by atoms with Crippen LogP contribution in [0.4, 0.5) is 0 Å². The zero-order valence-electron chi connectivity index (χ0n) is 9.70.